The number of hydrogen-bond donors (Lipinski definition) is 1. The quantitative estimate of drug-likeness (QED) is 0.508. The Morgan fingerprint density at radius 2 is 2.05 bits per heavy atom. The lowest BCUT2D eigenvalue weighted by molar-refractivity contribution is -0.386. The van der Waals surface area contributed by atoms with E-state index in [4.69, 9.17) is 5.11 Å². The Bertz CT molecular complexity index is 574. The second kappa shape index (κ2) is 5.85. The lowest BCUT2D eigenvalue weighted by Gasteiger charge is -2.14. The molecule has 1 heterocycles. The molecule has 0 aliphatic carbocycles. The normalized spacial score (nSPS) is 11.5. The topological polar surface area (TPSA) is 103 Å². The van der Waals surface area contributed by atoms with Crippen LogP contribution in [0.2, 0.25) is 0 Å². The molecule has 1 aromatic rings. The van der Waals surface area contributed by atoms with Crippen LogP contribution in [0, 0.1) is 10.1 Å². The minimum atomic E-state index is -5.37. The maximum atomic E-state index is 12.9. The van der Waals surface area contributed by atoms with E-state index in [0.29, 0.717) is 0 Å². The van der Waals surface area contributed by atoms with Crippen LogP contribution in [0.15, 0.2) is 6.20 Å². The van der Waals surface area contributed by atoms with Crippen LogP contribution in [-0.4, -0.2) is 27.3 Å². The molecule has 116 valence electrons. The van der Waals surface area contributed by atoms with E-state index in [9.17, 15) is 36.9 Å². The smallest absolute Gasteiger partial charge is 0.481 e. The van der Waals surface area contributed by atoms with Crippen molar-refractivity contribution < 1.29 is 41.5 Å². The molecule has 21 heavy (non-hydrogen) atoms. The maximum Gasteiger partial charge on any atom is 0.574 e. The lowest BCUT2D eigenvalue weighted by Crippen LogP contribution is -2.20. The van der Waals surface area contributed by atoms with E-state index in [2.05, 4.69) is 9.72 Å². The molecule has 0 amide bonds. The van der Waals surface area contributed by atoms with Crippen molar-refractivity contribution in [3.8, 4) is 5.88 Å². The van der Waals surface area contributed by atoms with Gasteiger partial charge in [0.2, 0.25) is 5.88 Å². The van der Waals surface area contributed by atoms with Crippen LogP contribution in [0.1, 0.15) is 17.6 Å². The van der Waals surface area contributed by atoms with Crippen molar-refractivity contribution in [2.24, 2.45) is 0 Å². The third-order valence-electron chi connectivity index (χ3n) is 2.12. The van der Waals surface area contributed by atoms with Gasteiger partial charge >= 0.3 is 12.3 Å². The number of halogens is 5. The summed E-state index contributed by atoms with van der Waals surface area (Å²) in [6.45, 7) is 0. The van der Waals surface area contributed by atoms with Gasteiger partial charge in [0.25, 0.3) is 12.1 Å². The molecule has 0 unspecified atom stereocenters. The molecular formula is C9H5F5N2O5. The van der Waals surface area contributed by atoms with Crippen LogP contribution in [0.25, 0.3) is 0 Å². The predicted octanol–water partition coefficient (Wildman–Crippen LogP) is 2.45. The highest BCUT2D eigenvalue weighted by molar-refractivity contribution is 5.73. The van der Waals surface area contributed by atoms with E-state index in [0.717, 1.165) is 0 Å². The van der Waals surface area contributed by atoms with Crippen molar-refractivity contribution in [2.75, 3.05) is 0 Å². The van der Waals surface area contributed by atoms with Crippen LogP contribution in [0.5, 0.6) is 5.88 Å². The number of hydrogen-bond acceptors (Lipinski definition) is 5. The van der Waals surface area contributed by atoms with Crippen molar-refractivity contribution in [2.45, 2.75) is 19.2 Å². The van der Waals surface area contributed by atoms with Crippen LogP contribution < -0.4 is 4.74 Å². The van der Waals surface area contributed by atoms with Gasteiger partial charge in [-0.25, -0.2) is 13.8 Å². The number of carboxylic acid groups (broad SMARTS) is 1. The summed E-state index contributed by atoms with van der Waals surface area (Å²) in [7, 11) is 0. The van der Waals surface area contributed by atoms with Gasteiger partial charge in [-0.05, 0) is 0 Å². The molecule has 1 aromatic heterocycles. The van der Waals surface area contributed by atoms with Crippen LogP contribution >= 0.6 is 0 Å². The fourth-order valence-corrected chi connectivity index (χ4v) is 1.44. The monoisotopic (exact) mass is 316 g/mol. The van der Waals surface area contributed by atoms with Crippen LogP contribution in [0.4, 0.5) is 27.6 Å². The molecule has 0 aromatic carbocycles. The summed E-state index contributed by atoms with van der Waals surface area (Å²) in [4.78, 5) is 22.8. The van der Waals surface area contributed by atoms with E-state index in [1.165, 1.54) is 0 Å². The van der Waals surface area contributed by atoms with Crippen molar-refractivity contribution >= 4 is 11.7 Å². The highest BCUT2D eigenvalue weighted by atomic mass is 19.4. The number of alkyl halides is 5. The third kappa shape index (κ3) is 4.22. The first kappa shape index (κ1) is 16.5. The summed E-state index contributed by atoms with van der Waals surface area (Å²) in [5.41, 5.74) is -3.82. The summed E-state index contributed by atoms with van der Waals surface area (Å²) in [6.07, 6.45) is -10.1. The number of rotatable bonds is 5. The Morgan fingerprint density at radius 3 is 2.43 bits per heavy atom. The average molecular weight is 316 g/mol. The fourth-order valence-electron chi connectivity index (χ4n) is 1.44. The molecule has 0 radical (unpaired) electrons. The molecule has 7 nitrogen and oxygen atoms in total. The number of aliphatic carboxylic acids is 1. The van der Waals surface area contributed by atoms with E-state index in [1.807, 2.05) is 0 Å². The molecule has 0 fully saturated rings. The number of ether oxygens (including phenoxy) is 1. The maximum absolute atomic E-state index is 12.9. The number of carboxylic acids is 1. The number of carbonyl (C=O) groups is 1. The summed E-state index contributed by atoms with van der Waals surface area (Å²) < 4.78 is 65.2. The van der Waals surface area contributed by atoms with Crippen molar-refractivity contribution in [1.29, 1.82) is 0 Å². The first-order chi connectivity index (χ1) is 9.53. The second-order valence-corrected chi connectivity index (χ2v) is 3.52. The minimum Gasteiger partial charge on any atom is -0.481 e. The number of nitrogens with zero attached hydrogens (tertiary/aromatic N) is 2. The van der Waals surface area contributed by atoms with Crippen molar-refractivity contribution in [3.63, 3.8) is 0 Å². The average Bonchev–Trinajstić information content (AvgIpc) is 2.24. The third-order valence-corrected chi connectivity index (χ3v) is 2.12. The zero-order valence-electron chi connectivity index (χ0n) is 9.73. The molecule has 0 spiro atoms. The lowest BCUT2D eigenvalue weighted by atomic mass is 10.0. The van der Waals surface area contributed by atoms with Gasteiger partial charge in [-0.3, -0.25) is 14.9 Å². The largest absolute Gasteiger partial charge is 0.574 e. The zero-order valence-corrected chi connectivity index (χ0v) is 9.73. The highest BCUT2D eigenvalue weighted by Gasteiger charge is 2.37. The predicted molar refractivity (Wildman–Crippen MR) is 53.9 cm³/mol. The Labute approximate surface area is 112 Å². The highest BCUT2D eigenvalue weighted by Crippen LogP contribution is 2.37. The Balaban J connectivity index is 3.55. The number of pyridine rings is 1. The van der Waals surface area contributed by atoms with E-state index < -0.39 is 52.8 Å². The number of aromatic nitrogens is 1. The number of nitro groups is 1. The first-order valence-electron chi connectivity index (χ1n) is 4.94. The van der Waals surface area contributed by atoms with Gasteiger partial charge in [-0.1, -0.05) is 0 Å². The molecule has 0 saturated heterocycles. The first-order valence-corrected chi connectivity index (χ1v) is 4.94. The second-order valence-electron chi connectivity index (χ2n) is 3.52. The van der Waals surface area contributed by atoms with Gasteiger partial charge in [-0.2, -0.15) is 0 Å². The molecule has 0 aliphatic heterocycles. The summed E-state index contributed by atoms with van der Waals surface area (Å²) in [5.74, 6) is -3.37. The molecule has 1 rings (SSSR count). The minimum absolute atomic E-state index is 0.227. The van der Waals surface area contributed by atoms with E-state index in [1.54, 1.807) is 0 Å². The van der Waals surface area contributed by atoms with E-state index in [-0.39, 0.29) is 6.20 Å². The van der Waals surface area contributed by atoms with Gasteiger partial charge in [0, 0.05) is 0 Å². The molecule has 0 atom stereocenters. The Morgan fingerprint density at radius 1 is 1.48 bits per heavy atom. The Kier molecular flexibility index (Phi) is 4.60. The van der Waals surface area contributed by atoms with Crippen LogP contribution in [0.3, 0.4) is 0 Å². The molecule has 1 N–H and O–H groups in total. The molecule has 0 bridgehead atoms. The molecule has 12 heteroatoms. The Hall–Kier alpha value is -2.53. The molecule has 0 saturated carbocycles. The van der Waals surface area contributed by atoms with E-state index >= 15 is 0 Å². The van der Waals surface area contributed by atoms with Gasteiger partial charge in [0.05, 0.1) is 22.5 Å². The SMILES string of the molecule is O=C(O)Cc1c([N+](=O)[O-])cnc(OC(F)(F)F)c1C(F)F. The van der Waals surface area contributed by atoms with Crippen LogP contribution in [-0.2, 0) is 11.2 Å². The summed E-state index contributed by atoms with van der Waals surface area (Å²) >= 11 is 0. The standard InChI is InChI=1S/C9H5F5N2O5/c10-7(11)6-3(1-5(17)18)4(16(19)20)2-15-8(6)21-9(12,13)14/h2,7H,1H2,(H,17,18). The molecular weight excluding hydrogens is 311 g/mol. The fraction of sp³-hybridized carbons (Fsp3) is 0.333. The van der Waals surface area contributed by atoms with Crippen molar-refractivity contribution in [1.82, 2.24) is 4.98 Å². The molecule has 0 aliphatic rings. The van der Waals surface area contributed by atoms with Gasteiger partial charge in [0.1, 0.15) is 6.20 Å². The van der Waals surface area contributed by atoms with Gasteiger partial charge in [0.15, 0.2) is 0 Å². The van der Waals surface area contributed by atoms with Crippen molar-refractivity contribution in [3.05, 3.63) is 27.4 Å². The summed E-state index contributed by atoms with van der Waals surface area (Å²) in [6, 6.07) is 0. The zero-order chi connectivity index (χ0) is 16.4. The van der Waals surface area contributed by atoms with Gasteiger partial charge < -0.3 is 9.84 Å². The summed E-state index contributed by atoms with van der Waals surface area (Å²) in [5, 5.41) is 19.2. The van der Waals surface area contributed by atoms with Gasteiger partial charge in [-0.15, -0.1) is 13.2 Å².